The van der Waals surface area contributed by atoms with Crippen LogP contribution in [0.25, 0.3) is 6.08 Å². The van der Waals surface area contributed by atoms with E-state index in [4.69, 9.17) is 9.68 Å². The van der Waals surface area contributed by atoms with E-state index >= 15 is 0 Å². The fraction of sp³-hybridized carbons (Fsp3) is 0.111. The van der Waals surface area contributed by atoms with Crippen molar-refractivity contribution in [1.29, 1.82) is 5.26 Å². The number of esters is 1. The van der Waals surface area contributed by atoms with Gasteiger partial charge in [-0.1, -0.05) is 0 Å². The first-order valence-electron chi connectivity index (χ1n) is 4.09. The molecule has 0 atom stereocenters. The van der Waals surface area contributed by atoms with E-state index < -0.39 is 16.8 Å². The molecular formula is C9H6N2O5. The Morgan fingerprint density at radius 3 is 3.00 bits per heavy atom. The Labute approximate surface area is 89.7 Å². The highest BCUT2D eigenvalue weighted by Crippen LogP contribution is 2.16. The van der Waals surface area contributed by atoms with Crippen LogP contribution in [0.3, 0.4) is 0 Å². The molecule has 0 aliphatic carbocycles. The van der Waals surface area contributed by atoms with Gasteiger partial charge in [-0.2, -0.15) is 5.26 Å². The topological polar surface area (TPSA) is 106 Å². The van der Waals surface area contributed by atoms with Gasteiger partial charge in [0.25, 0.3) is 0 Å². The second kappa shape index (κ2) is 5.31. The number of furan rings is 1. The third kappa shape index (κ3) is 3.26. The van der Waals surface area contributed by atoms with Gasteiger partial charge in [-0.25, -0.2) is 4.79 Å². The van der Waals surface area contributed by atoms with E-state index in [0.29, 0.717) is 0 Å². The van der Waals surface area contributed by atoms with Gasteiger partial charge in [0.2, 0.25) is 0 Å². The Morgan fingerprint density at radius 1 is 1.69 bits per heavy atom. The molecule has 0 N–H and O–H groups in total. The zero-order valence-corrected chi connectivity index (χ0v) is 7.95. The summed E-state index contributed by atoms with van der Waals surface area (Å²) >= 11 is 0. The van der Waals surface area contributed by atoms with E-state index in [9.17, 15) is 14.9 Å². The maximum absolute atomic E-state index is 10.9. The average molecular weight is 222 g/mol. The average Bonchev–Trinajstić information content (AvgIpc) is 2.72. The van der Waals surface area contributed by atoms with Gasteiger partial charge in [0.05, 0.1) is 6.07 Å². The lowest BCUT2D eigenvalue weighted by molar-refractivity contribution is -0.402. The van der Waals surface area contributed by atoms with Gasteiger partial charge in [0.1, 0.15) is 16.8 Å². The summed E-state index contributed by atoms with van der Waals surface area (Å²) in [6.07, 6.45) is 2.23. The molecule has 0 aliphatic heterocycles. The van der Waals surface area contributed by atoms with Crippen molar-refractivity contribution in [3.8, 4) is 6.07 Å². The van der Waals surface area contributed by atoms with E-state index in [-0.39, 0.29) is 12.4 Å². The molecule has 0 bridgehead atoms. The van der Waals surface area contributed by atoms with Crippen LogP contribution < -0.4 is 0 Å². The fourth-order valence-corrected chi connectivity index (χ4v) is 0.832. The highest BCUT2D eigenvalue weighted by molar-refractivity contribution is 5.86. The summed E-state index contributed by atoms with van der Waals surface area (Å²) in [6, 6.07) is 4.13. The van der Waals surface area contributed by atoms with Gasteiger partial charge >= 0.3 is 11.9 Å². The zero-order chi connectivity index (χ0) is 12.0. The summed E-state index contributed by atoms with van der Waals surface area (Å²) in [4.78, 5) is 20.4. The first-order valence-corrected chi connectivity index (χ1v) is 4.09. The lowest BCUT2D eigenvalue weighted by Crippen LogP contribution is -1.99. The smallest absolute Gasteiger partial charge is 0.433 e. The maximum atomic E-state index is 10.9. The number of hydrogen-bond acceptors (Lipinski definition) is 6. The van der Waals surface area contributed by atoms with Gasteiger partial charge in [-0.3, -0.25) is 10.1 Å². The van der Waals surface area contributed by atoms with Crippen LogP contribution in [0.5, 0.6) is 0 Å². The molecule has 0 unspecified atom stereocenters. The van der Waals surface area contributed by atoms with E-state index in [1.54, 1.807) is 6.07 Å². The molecule has 16 heavy (non-hydrogen) atoms. The molecule has 0 spiro atoms. The monoisotopic (exact) mass is 222 g/mol. The van der Waals surface area contributed by atoms with Crippen molar-refractivity contribution in [2.75, 3.05) is 6.61 Å². The van der Waals surface area contributed by atoms with Crippen LogP contribution in [-0.4, -0.2) is 17.5 Å². The Balaban J connectivity index is 2.59. The Hall–Kier alpha value is -2.62. The number of carbonyl (C=O) groups excluding carboxylic acids is 1. The largest absolute Gasteiger partial charge is 0.447 e. The van der Waals surface area contributed by atoms with Crippen LogP contribution in [0, 0.1) is 21.4 Å². The van der Waals surface area contributed by atoms with Gasteiger partial charge in [0, 0.05) is 6.08 Å². The SMILES string of the molecule is N#CCOC(=O)C=Cc1ccc([N+](=O)[O-])o1. The van der Waals surface area contributed by atoms with Crippen LogP contribution in [0.4, 0.5) is 5.88 Å². The van der Waals surface area contributed by atoms with Crippen LogP contribution in [0.15, 0.2) is 22.6 Å². The molecule has 1 rings (SSSR count). The lowest BCUT2D eigenvalue weighted by Gasteiger charge is -1.91. The minimum atomic E-state index is -0.722. The molecule has 0 amide bonds. The molecule has 0 radical (unpaired) electrons. The minimum absolute atomic E-state index is 0.153. The zero-order valence-electron chi connectivity index (χ0n) is 7.95. The number of ether oxygens (including phenoxy) is 1. The summed E-state index contributed by atoms with van der Waals surface area (Å²) in [5, 5.41) is 18.4. The number of rotatable bonds is 4. The van der Waals surface area contributed by atoms with Crippen molar-refractivity contribution < 1.29 is 18.9 Å². The Kier molecular flexibility index (Phi) is 3.80. The molecule has 0 aromatic carbocycles. The summed E-state index contributed by atoms with van der Waals surface area (Å²) in [5.41, 5.74) is 0. The molecule has 7 heteroatoms. The quantitative estimate of drug-likeness (QED) is 0.328. The summed E-state index contributed by atoms with van der Waals surface area (Å²) in [5.74, 6) is -0.980. The molecule has 0 fully saturated rings. The molecule has 0 aliphatic rings. The number of nitrogens with zero attached hydrogens (tertiary/aromatic N) is 2. The second-order valence-electron chi connectivity index (χ2n) is 2.53. The van der Waals surface area contributed by atoms with Crippen LogP contribution >= 0.6 is 0 Å². The molecule has 7 nitrogen and oxygen atoms in total. The van der Waals surface area contributed by atoms with Crippen molar-refractivity contribution in [1.82, 2.24) is 0 Å². The predicted molar refractivity (Wildman–Crippen MR) is 51.0 cm³/mol. The van der Waals surface area contributed by atoms with E-state index in [1.165, 1.54) is 18.2 Å². The molecule has 82 valence electrons. The second-order valence-corrected chi connectivity index (χ2v) is 2.53. The first kappa shape index (κ1) is 11.5. The van der Waals surface area contributed by atoms with Crippen molar-refractivity contribution >= 4 is 17.9 Å². The summed E-state index contributed by atoms with van der Waals surface area (Å²) in [7, 11) is 0. The number of nitriles is 1. The normalized spacial score (nSPS) is 9.94. The maximum Gasteiger partial charge on any atom is 0.433 e. The van der Waals surface area contributed by atoms with Gasteiger partial charge < -0.3 is 9.15 Å². The van der Waals surface area contributed by atoms with E-state index in [2.05, 4.69) is 4.74 Å². The van der Waals surface area contributed by atoms with E-state index in [1.807, 2.05) is 0 Å². The summed E-state index contributed by atoms with van der Waals surface area (Å²) in [6.45, 7) is -0.346. The third-order valence-electron chi connectivity index (χ3n) is 1.46. The molecule has 0 saturated heterocycles. The number of hydrogen-bond donors (Lipinski definition) is 0. The Bertz CT molecular complexity index is 468. The van der Waals surface area contributed by atoms with Gasteiger partial charge in [-0.05, 0) is 12.1 Å². The first-order chi connectivity index (χ1) is 7.63. The van der Waals surface area contributed by atoms with Crippen molar-refractivity contribution in [2.24, 2.45) is 0 Å². The molecule has 1 aromatic rings. The van der Waals surface area contributed by atoms with Crippen molar-refractivity contribution in [3.05, 3.63) is 34.1 Å². The van der Waals surface area contributed by atoms with Crippen LogP contribution in [-0.2, 0) is 9.53 Å². The van der Waals surface area contributed by atoms with Crippen molar-refractivity contribution in [3.63, 3.8) is 0 Å². The highest BCUT2D eigenvalue weighted by atomic mass is 16.6. The molecular weight excluding hydrogens is 216 g/mol. The highest BCUT2D eigenvalue weighted by Gasteiger charge is 2.10. The Morgan fingerprint density at radius 2 is 2.44 bits per heavy atom. The van der Waals surface area contributed by atoms with Gasteiger partial charge in [0.15, 0.2) is 6.61 Å². The van der Waals surface area contributed by atoms with Crippen LogP contribution in [0.2, 0.25) is 0 Å². The van der Waals surface area contributed by atoms with E-state index in [0.717, 1.165) is 6.08 Å². The van der Waals surface area contributed by atoms with Crippen molar-refractivity contribution in [2.45, 2.75) is 0 Å². The number of nitro groups is 1. The lowest BCUT2D eigenvalue weighted by atomic mass is 10.4. The number of carbonyl (C=O) groups is 1. The molecule has 1 aromatic heterocycles. The minimum Gasteiger partial charge on any atom is -0.447 e. The summed E-state index contributed by atoms with van der Waals surface area (Å²) < 4.78 is 9.15. The van der Waals surface area contributed by atoms with Crippen LogP contribution in [0.1, 0.15) is 5.76 Å². The fourth-order valence-electron chi connectivity index (χ4n) is 0.832. The van der Waals surface area contributed by atoms with Gasteiger partial charge in [-0.15, -0.1) is 0 Å². The predicted octanol–water partition coefficient (Wildman–Crippen LogP) is 1.27. The molecule has 1 heterocycles. The third-order valence-corrected chi connectivity index (χ3v) is 1.46. The standard InChI is InChI=1S/C9H6N2O5/c10-5-6-15-9(12)4-2-7-1-3-8(16-7)11(13)14/h1-4H,6H2. The molecule has 0 saturated carbocycles.